The topological polar surface area (TPSA) is 38.7 Å². The first-order chi connectivity index (χ1) is 6.76. The Bertz CT molecular complexity index is 278. The van der Waals surface area contributed by atoms with Crippen molar-refractivity contribution in [1.82, 2.24) is 0 Å². The number of hydrogen-bond acceptors (Lipinski definition) is 3. The summed E-state index contributed by atoms with van der Waals surface area (Å²) in [5, 5.41) is 9.16. The molecule has 14 heavy (non-hydrogen) atoms. The molecule has 1 aromatic carbocycles. The molecule has 0 spiro atoms. The van der Waals surface area contributed by atoms with Crippen LogP contribution in [0.4, 0.5) is 0 Å². The average molecular weight is 217 g/mol. The molecule has 0 aromatic heterocycles. The Morgan fingerprint density at radius 2 is 2.14 bits per heavy atom. The summed E-state index contributed by atoms with van der Waals surface area (Å²) in [5.74, 6) is 1.56. The third-order valence-electron chi connectivity index (χ3n) is 1.66. The molecule has 78 valence electrons. The molecule has 0 radical (unpaired) electrons. The Kier molecular flexibility index (Phi) is 4.56. The third kappa shape index (κ3) is 3.44. The molecule has 1 atom stereocenters. The quantitative estimate of drug-likeness (QED) is 0.762. The van der Waals surface area contributed by atoms with Gasteiger partial charge in [0.1, 0.15) is 24.2 Å². The van der Waals surface area contributed by atoms with Crippen molar-refractivity contribution in [3.8, 4) is 11.5 Å². The van der Waals surface area contributed by atoms with Crippen LogP contribution in [0.2, 0.25) is 0 Å². The van der Waals surface area contributed by atoms with E-state index < -0.39 is 6.10 Å². The molecule has 0 fully saturated rings. The van der Waals surface area contributed by atoms with Crippen molar-refractivity contribution in [2.75, 3.05) is 19.6 Å². The summed E-state index contributed by atoms with van der Waals surface area (Å²) in [7, 11) is 1.59. The molecule has 0 aliphatic carbocycles. The minimum atomic E-state index is -0.636. The zero-order valence-corrected chi connectivity index (χ0v) is 8.70. The Hall–Kier alpha value is -0.930. The molecule has 0 bridgehead atoms. The second kappa shape index (κ2) is 5.73. The van der Waals surface area contributed by atoms with Crippen molar-refractivity contribution in [1.29, 1.82) is 0 Å². The predicted molar refractivity (Wildman–Crippen MR) is 55.2 cm³/mol. The molecule has 0 aliphatic heterocycles. The number of aliphatic hydroxyl groups excluding tert-OH is 1. The van der Waals surface area contributed by atoms with E-state index in [1.807, 2.05) is 12.1 Å². The van der Waals surface area contributed by atoms with E-state index in [1.165, 1.54) is 0 Å². The first kappa shape index (κ1) is 11.1. The molecular formula is C10H13ClO3. The van der Waals surface area contributed by atoms with Crippen LogP contribution in [0, 0.1) is 0 Å². The fourth-order valence-electron chi connectivity index (χ4n) is 0.928. The lowest BCUT2D eigenvalue weighted by molar-refractivity contribution is 0.125. The predicted octanol–water partition coefficient (Wildman–Crippen LogP) is 1.67. The number of aliphatic hydroxyl groups is 1. The Morgan fingerprint density at radius 1 is 1.43 bits per heavy atom. The number of methoxy groups -OCH3 is 1. The monoisotopic (exact) mass is 216 g/mol. The molecule has 0 heterocycles. The smallest absolute Gasteiger partial charge is 0.123 e. The summed E-state index contributed by atoms with van der Waals surface area (Å²) in [6.45, 7) is 0.191. The second-order valence-corrected chi connectivity index (χ2v) is 3.11. The van der Waals surface area contributed by atoms with Crippen LogP contribution in [0.15, 0.2) is 24.3 Å². The molecule has 0 saturated heterocycles. The van der Waals surface area contributed by atoms with Gasteiger partial charge in [0.05, 0.1) is 13.0 Å². The standard InChI is InChI=1S/C10H13ClO3/c1-13-9-3-2-4-10(5-9)14-7-8(12)6-11/h2-5,8,12H,6-7H2,1H3/t8-/m1/s1. The van der Waals surface area contributed by atoms with Gasteiger partial charge >= 0.3 is 0 Å². The number of rotatable bonds is 5. The van der Waals surface area contributed by atoms with E-state index in [0.717, 1.165) is 5.75 Å². The van der Waals surface area contributed by atoms with Gasteiger partial charge in [-0.05, 0) is 12.1 Å². The van der Waals surface area contributed by atoms with E-state index in [4.69, 9.17) is 26.2 Å². The number of ether oxygens (including phenoxy) is 2. The molecule has 3 nitrogen and oxygen atoms in total. The van der Waals surface area contributed by atoms with E-state index in [-0.39, 0.29) is 12.5 Å². The highest BCUT2D eigenvalue weighted by atomic mass is 35.5. The largest absolute Gasteiger partial charge is 0.497 e. The number of benzene rings is 1. The van der Waals surface area contributed by atoms with Gasteiger partial charge in [-0.15, -0.1) is 11.6 Å². The summed E-state index contributed by atoms with van der Waals surface area (Å²) >= 11 is 5.42. The van der Waals surface area contributed by atoms with Crippen LogP contribution in [-0.4, -0.2) is 30.8 Å². The number of alkyl halides is 1. The lowest BCUT2D eigenvalue weighted by Crippen LogP contribution is -2.18. The molecule has 0 unspecified atom stereocenters. The molecule has 1 rings (SSSR count). The van der Waals surface area contributed by atoms with Crippen LogP contribution in [-0.2, 0) is 0 Å². The van der Waals surface area contributed by atoms with Gasteiger partial charge < -0.3 is 14.6 Å². The molecular weight excluding hydrogens is 204 g/mol. The van der Waals surface area contributed by atoms with Gasteiger partial charge in [-0.1, -0.05) is 6.07 Å². The van der Waals surface area contributed by atoms with Gasteiger partial charge in [0.25, 0.3) is 0 Å². The maximum atomic E-state index is 9.16. The molecule has 0 saturated carbocycles. The van der Waals surface area contributed by atoms with Crippen molar-refractivity contribution < 1.29 is 14.6 Å². The van der Waals surface area contributed by atoms with E-state index >= 15 is 0 Å². The highest BCUT2D eigenvalue weighted by Crippen LogP contribution is 2.18. The van der Waals surface area contributed by atoms with E-state index in [9.17, 15) is 0 Å². The lowest BCUT2D eigenvalue weighted by atomic mass is 10.3. The van der Waals surface area contributed by atoms with Gasteiger partial charge in [0.2, 0.25) is 0 Å². The van der Waals surface area contributed by atoms with E-state index in [2.05, 4.69) is 0 Å². The molecule has 0 amide bonds. The minimum absolute atomic E-state index is 0.171. The van der Waals surface area contributed by atoms with Gasteiger partial charge in [-0.2, -0.15) is 0 Å². The van der Waals surface area contributed by atoms with Crippen molar-refractivity contribution >= 4 is 11.6 Å². The van der Waals surface area contributed by atoms with Gasteiger partial charge in [-0.25, -0.2) is 0 Å². The summed E-state index contributed by atoms with van der Waals surface area (Å²) in [5.41, 5.74) is 0. The molecule has 1 N–H and O–H groups in total. The van der Waals surface area contributed by atoms with Crippen molar-refractivity contribution in [3.05, 3.63) is 24.3 Å². The fraction of sp³-hybridized carbons (Fsp3) is 0.400. The summed E-state index contributed by atoms with van der Waals surface area (Å²) in [4.78, 5) is 0. The number of hydrogen-bond donors (Lipinski definition) is 1. The van der Waals surface area contributed by atoms with Gasteiger partial charge in [-0.3, -0.25) is 0 Å². The summed E-state index contributed by atoms with van der Waals surface area (Å²) < 4.78 is 10.3. The van der Waals surface area contributed by atoms with Gasteiger partial charge in [0.15, 0.2) is 0 Å². The van der Waals surface area contributed by atoms with Crippen molar-refractivity contribution in [3.63, 3.8) is 0 Å². The fourth-order valence-corrected chi connectivity index (χ4v) is 1.02. The van der Waals surface area contributed by atoms with Crippen LogP contribution in [0.25, 0.3) is 0 Å². The Morgan fingerprint density at radius 3 is 2.79 bits per heavy atom. The zero-order valence-electron chi connectivity index (χ0n) is 7.94. The summed E-state index contributed by atoms with van der Waals surface area (Å²) in [6.07, 6.45) is -0.636. The SMILES string of the molecule is COc1cccc(OC[C@H](O)CCl)c1. The summed E-state index contributed by atoms with van der Waals surface area (Å²) in [6, 6.07) is 7.19. The normalized spacial score (nSPS) is 12.2. The Labute approximate surface area is 88.2 Å². The van der Waals surface area contributed by atoms with Crippen molar-refractivity contribution in [2.24, 2.45) is 0 Å². The second-order valence-electron chi connectivity index (χ2n) is 2.80. The maximum Gasteiger partial charge on any atom is 0.123 e. The molecule has 1 aromatic rings. The van der Waals surface area contributed by atoms with E-state index in [1.54, 1.807) is 19.2 Å². The lowest BCUT2D eigenvalue weighted by Gasteiger charge is -2.10. The van der Waals surface area contributed by atoms with E-state index in [0.29, 0.717) is 5.75 Å². The average Bonchev–Trinajstić information content (AvgIpc) is 2.26. The Balaban J connectivity index is 2.50. The maximum absolute atomic E-state index is 9.16. The minimum Gasteiger partial charge on any atom is -0.497 e. The van der Waals surface area contributed by atoms with Crippen LogP contribution in [0.1, 0.15) is 0 Å². The van der Waals surface area contributed by atoms with Gasteiger partial charge in [0, 0.05) is 6.07 Å². The highest BCUT2D eigenvalue weighted by Gasteiger charge is 2.03. The van der Waals surface area contributed by atoms with Crippen molar-refractivity contribution in [2.45, 2.75) is 6.10 Å². The number of halogens is 1. The first-order valence-corrected chi connectivity index (χ1v) is 4.80. The van der Waals surface area contributed by atoms with Crippen LogP contribution in [0.5, 0.6) is 11.5 Å². The third-order valence-corrected chi connectivity index (χ3v) is 2.02. The first-order valence-electron chi connectivity index (χ1n) is 4.27. The highest BCUT2D eigenvalue weighted by molar-refractivity contribution is 6.18. The molecule has 4 heteroatoms. The van der Waals surface area contributed by atoms with Crippen LogP contribution < -0.4 is 9.47 Å². The zero-order chi connectivity index (χ0) is 10.4. The van der Waals surface area contributed by atoms with Crippen LogP contribution in [0.3, 0.4) is 0 Å². The van der Waals surface area contributed by atoms with Crippen LogP contribution >= 0.6 is 11.6 Å². The molecule has 0 aliphatic rings.